The van der Waals surface area contributed by atoms with E-state index in [2.05, 4.69) is 53.3 Å². The van der Waals surface area contributed by atoms with Crippen LogP contribution in [0.3, 0.4) is 0 Å². The first-order valence-corrected chi connectivity index (χ1v) is 12.2. The normalized spacial score (nSPS) is 11.6. The number of aryl methyl sites for hydroxylation is 1. The van der Waals surface area contributed by atoms with Crippen molar-refractivity contribution in [3.8, 4) is 11.5 Å². The Morgan fingerprint density at radius 2 is 1.88 bits per heavy atom. The van der Waals surface area contributed by atoms with Crippen LogP contribution in [0, 0.1) is 6.92 Å². The summed E-state index contributed by atoms with van der Waals surface area (Å²) in [6, 6.07) is 13.7. The molecular formula is C24H28N4O3S2. The molecule has 9 heteroatoms. The molecule has 0 fully saturated rings. The highest BCUT2D eigenvalue weighted by Crippen LogP contribution is 2.31. The van der Waals surface area contributed by atoms with Crippen LogP contribution in [0.15, 0.2) is 65.2 Å². The molecule has 2 aromatic carbocycles. The summed E-state index contributed by atoms with van der Waals surface area (Å²) >= 11 is 3.06. The molecule has 174 valence electrons. The zero-order chi connectivity index (χ0) is 23.8. The number of hydrogen-bond acceptors (Lipinski definition) is 7. The van der Waals surface area contributed by atoms with Gasteiger partial charge in [-0.15, -0.1) is 28.5 Å². The molecule has 0 aliphatic rings. The minimum absolute atomic E-state index is 0.143. The Balaban J connectivity index is 1.66. The molecule has 1 atom stereocenters. The van der Waals surface area contributed by atoms with E-state index in [0.717, 1.165) is 5.82 Å². The van der Waals surface area contributed by atoms with Gasteiger partial charge in [-0.05, 0) is 38.1 Å². The number of ether oxygens (including phenoxy) is 2. The van der Waals surface area contributed by atoms with Gasteiger partial charge >= 0.3 is 0 Å². The maximum atomic E-state index is 12.8. The van der Waals surface area contributed by atoms with Crippen molar-refractivity contribution in [2.75, 3.05) is 19.5 Å². The molecule has 0 radical (unpaired) electrons. The number of allylic oxidation sites excluding steroid dienone is 1. The van der Waals surface area contributed by atoms with Crippen molar-refractivity contribution < 1.29 is 14.3 Å². The van der Waals surface area contributed by atoms with E-state index >= 15 is 0 Å². The standard InChI is InChI=1S/C24H28N4O3S2/c1-6-13-28-22(15-32-19-10-7-16(2)8-11-19)26-27-24(28)33-17(3)23(29)25-18-9-12-20(30-4)21(14-18)31-5/h6-12,14,17H,1,13,15H2,2-5H3,(H,25,29). The van der Waals surface area contributed by atoms with Gasteiger partial charge in [0.2, 0.25) is 5.91 Å². The average Bonchev–Trinajstić information content (AvgIpc) is 3.19. The number of carbonyl (C=O) groups excluding carboxylic acids is 1. The number of hydrogen-bond donors (Lipinski definition) is 1. The van der Waals surface area contributed by atoms with E-state index in [-0.39, 0.29) is 11.2 Å². The van der Waals surface area contributed by atoms with Gasteiger partial charge in [0.05, 0.1) is 25.2 Å². The first-order valence-electron chi connectivity index (χ1n) is 10.4. The average molecular weight is 485 g/mol. The number of nitrogens with zero attached hydrogens (tertiary/aromatic N) is 3. The Kier molecular flexibility index (Phi) is 8.85. The molecule has 1 aromatic heterocycles. The Bertz CT molecular complexity index is 1100. The van der Waals surface area contributed by atoms with Crippen LogP contribution in [-0.2, 0) is 17.1 Å². The van der Waals surface area contributed by atoms with E-state index in [9.17, 15) is 4.79 Å². The van der Waals surface area contributed by atoms with Crippen molar-refractivity contribution in [3.63, 3.8) is 0 Å². The van der Waals surface area contributed by atoms with E-state index in [1.54, 1.807) is 44.2 Å². The van der Waals surface area contributed by atoms with E-state index in [1.165, 1.54) is 22.2 Å². The molecule has 3 aromatic rings. The topological polar surface area (TPSA) is 78.3 Å². The van der Waals surface area contributed by atoms with Crippen molar-refractivity contribution in [3.05, 3.63) is 66.5 Å². The molecule has 1 unspecified atom stereocenters. The van der Waals surface area contributed by atoms with Gasteiger partial charge in [-0.3, -0.25) is 4.79 Å². The van der Waals surface area contributed by atoms with E-state index in [4.69, 9.17) is 9.47 Å². The minimum Gasteiger partial charge on any atom is -0.493 e. The Hall–Kier alpha value is -2.91. The van der Waals surface area contributed by atoms with Gasteiger partial charge in [0, 0.05) is 23.2 Å². The number of amides is 1. The SMILES string of the molecule is C=CCn1c(CSc2ccc(C)cc2)nnc1SC(C)C(=O)Nc1ccc(OC)c(OC)c1. The summed E-state index contributed by atoms with van der Waals surface area (Å²) in [7, 11) is 3.13. The summed E-state index contributed by atoms with van der Waals surface area (Å²) in [5.41, 5.74) is 1.86. The second-order valence-electron chi connectivity index (χ2n) is 7.22. The number of carbonyl (C=O) groups is 1. The van der Waals surface area contributed by atoms with Gasteiger partial charge in [0.15, 0.2) is 16.7 Å². The summed E-state index contributed by atoms with van der Waals surface area (Å²) in [4.78, 5) is 14.0. The zero-order valence-electron chi connectivity index (χ0n) is 19.2. The molecule has 0 saturated carbocycles. The highest BCUT2D eigenvalue weighted by atomic mass is 32.2. The third kappa shape index (κ3) is 6.55. The maximum Gasteiger partial charge on any atom is 0.237 e. The van der Waals surface area contributed by atoms with Crippen LogP contribution in [0.1, 0.15) is 18.3 Å². The molecule has 1 N–H and O–H groups in total. The predicted octanol–water partition coefficient (Wildman–Crippen LogP) is 5.20. The third-order valence-electron chi connectivity index (χ3n) is 4.80. The lowest BCUT2D eigenvalue weighted by Crippen LogP contribution is -2.23. The largest absolute Gasteiger partial charge is 0.493 e. The number of aromatic nitrogens is 3. The van der Waals surface area contributed by atoms with Gasteiger partial charge in [-0.25, -0.2) is 0 Å². The number of rotatable bonds is 11. The first kappa shape index (κ1) is 24.7. The van der Waals surface area contributed by atoms with Crippen LogP contribution in [0.4, 0.5) is 5.69 Å². The molecule has 0 aliphatic heterocycles. The number of thioether (sulfide) groups is 2. The fourth-order valence-corrected chi connectivity index (χ4v) is 4.69. The Morgan fingerprint density at radius 3 is 2.55 bits per heavy atom. The van der Waals surface area contributed by atoms with Crippen LogP contribution in [0.2, 0.25) is 0 Å². The summed E-state index contributed by atoms with van der Waals surface area (Å²) in [6.07, 6.45) is 1.81. The van der Waals surface area contributed by atoms with Gasteiger partial charge < -0.3 is 19.4 Å². The fourth-order valence-electron chi connectivity index (χ4n) is 2.98. The van der Waals surface area contributed by atoms with Crippen molar-refractivity contribution in [1.29, 1.82) is 0 Å². The number of nitrogens with one attached hydrogen (secondary N) is 1. The van der Waals surface area contributed by atoms with E-state index < -0.39 is 0 Å². The highest BCUT2D eigenvalue weighted by molar-refractivity contribution is 8.00. The highest BCUT2D eigenvalue weighted by Gasteiger charge is 2.20. The quantitative estimate of drug-likeness (QED) is 0.296. The summed E-state index contributed by atoms with van der Waals surface area (Å²) in [6.45, 7) is 8.34. The van der Waals surface area contributed by atoms with Crippen molar-refractivity contribution >= 4 is 35.1 Å². The van der Waals surface area contributed by atoms with Gasteiger partial charge in [-0.1, -0.05) is 35.5 Å². The van der Waals surface area contributed by atoms with E-state index in [1.807, 2.05) is 17.6 Å². The lowest BCUT2D eigenvalue weighted by molar-refractivity contribution is -0.115. The summed E-state index contributed by atoms with van der Waals surface area (Å²) in [5.74, 6) is 2.53. The zero-order valence-corrected chi connectivity index (χ0v) is 20.8. The van der Waals surface area contributed by atoms with Gasteiger partial charge in [0.1, 0.15) is 5.82 Å². The van der Waals surface area contributed by atoms with Crippen LogP contribution in [0.25, 0.3) is 0 Å². The lowest BCUT2D eigenvalue weighted by atomic mass is 10.2. The fraction of sp³-hybridized carbons (Fsp3) is 0.292. The minimum atomic E-state index is -0.386. The molecule has 3 rings (SSSR count). The van der Waals surface area contributed by atoms with E-state index in [0.29, 0.717) is 34.6 Å². The molecule has 1 heterocycles. The molecule has 0 bridgehead atoms. The van der Waals surface area contributed by atoms with Gasteiger partial charge in [0.25, 0.3) is 0 Å². The van der Waals surface area contributed by atoms with Crippen LogP contribution in [0.5, 0.6) is 11.5 Å². The molecule has 33 heavy (non-hydrogen) atoms. The molecule has 7 nitrogen and oxygen atoms in total. The van der Waals surface area contributed by atoms with Crippen molar-refractivity contribution in [2.24, 2.45) is 0 Å². The second-order valence-corrected chi connectivity index (χ2v) is 9.58. The van der Waals surface area contributed by atoms with Crippen LogP contribution >= 0.6 is 23.5 Å². The summed E-state index contributed by atoms with van der Waals surface area (Å²) in [5, 5.41) is 11.9. The maximum absolute atomic E-state index is 12.8. The molecular weight excluding hydrogens is 456 g/mol. The van der Waals surface area contributed by atoms with Crippen LogP contribution in [-0.4, -0.2) is 40.1 Å². The third-order valence-corrected chi connectivity index (χ3v) is 6.89. The van der Waals surface area contributed by atoms with Gasteiger partial charge in [-0.2, -0.15) is 0 Å². The molecule has 0 saturated heterocycles. The van der Waals surface area contributed by atoms with Crippen molar-refractivity contribution in [1.82, 2.24) is 14.8 Å². The Labute approximate surface area is 203 Å². The van der Waals surface area contributed by atoms with Crippen LogP contribution < -0.4 is 14.8 Å². The molecule has 0 spiro atoms. The second kappa shape index (κ2) is 11.8. The molecule has 0 aliphatic carbocycles. The smallest absolute Gasteiger partial charge is 0.237 e. The van der Waals surface area contributed by atoms with Crippen molar-refractivity contribution in [2.45, 2.75) is 41.4 Å². The predicted molar refractivity (Wildman–Crippen MR) is 134 cm³/mol. The number of methoxy groups -OCH3 is 2. The number of anilines is 1. The number of benzene rings is 2. The lowest BCUT2D eigenvalue weighted by Gasteiger charge is -2.14. The Morgan fingerprint density at radius 1 is 1.15 bits per heavy atom. The monoisotopic (exact) mass is 484 g/mol. The summed E-state index contributed by atoms with van der Waals surface area (Å²) < 4.78 is 12.6. The molecule has 1 amide bonds. The first-order chi connectivity index (χ1) is 15.9.